The van der Waals surface area contributed by atoms with Crippen molar-refractivity contribution in [2.75, 3.05) is 31.1 Å². The largest absolute Gasteiger partial charge is 0.369 e. The zero-order valence-corrected chi connectivity index (χ0v) is 15.4. The normalized spacial score (nSPS) is 15.5. The lowest BCUT2D eigenvalue weighted by atomic mass is 10.2. The summed E-state index contributed by atoms with van der Waals surface area (Å²) in [7, 11) is 0. The highest BCUT2D eigenvalue weighted by atomic mass is 19.1. The molecule has 6 heteroatoms. The number of benzene rings is 2. The summed E-state index contributed by atoms with van der Waals surface area (Å²) in [6.45, 7) is 4.56. The Balaban J connectivity index is 1.33. The Labute approximate surface area is 161 Å². The zero-order chi connectivity index (χ0) is 19.1. The van der Waals surface area contributed by atoms with E-state index in [-0.39, 0.29) is 11.4 Å². The molecule has 3 heterocycles. The van der Waals surface area contributed by atoms with Gasteiger partial charge in [-0.25, -0.2) is 4.39 Å². The molecule has 1 aliphatic heterocycles. The van der Waals surface area contributed by atoms with Crippen LogP contribution in [-0.2, 0) is 6.54 Å². The SMILES string of the molecule is O=c1[nH]c2cc(CN3CCN(c4ccc(F)cc4)CC3)cn2c2ccccc12. The zero-order valence-electron chi connectivity index (χ0n) is 15.4. The van der Waals surface area contributed by atoms with E-state index in [4.69, 9.17) is 0 Å². The summed E-state index contributed by atoms with van der Waals surface area (Å²) in [5, 5.41) is 0.699. The molecule has 142 valence electrons. The van der Waals surface area contributed by atoms with Crippen LogP contribution >= 0.6 is 0 Å². The van der Waals surface area contributed by atoms with Gasteiger partial charge in [0.05, 0.1) is 10.9 Å². The maximum absolute atomic E-state index is 13.1. The average Bonchev–Trinajstić information content (AvgIpc) is 3.12. The summed E-state index contributed by atoms with van der Waals surface area (Å²) >= 11 is 0. The van der Waals surface area contributed by atoms with Crippen molar-refractivity contribution in [1.82, 2.24) is 14.3 Å². The number of H-pyrrole nitrogens is 1. The second-order valence-corrected chi connectivity index (χ2v) is 7.31. The summed E-state index contributed by atoms with van der Waals surface area (Å²) < 4.78 is 15.2. The lowest BCUT2D eigenvalue weighted by Gasteiger charge is -2.36. The van der Waals surface area contributed by atoms with Crippen molar-refractivity contribution in [2.45, 2.75) is 6.54 Å². The van der Waals surface area contributed by atoms with Gasteiger partial charge in [0.2, 0.25) is 0 Å². The van der Waals surface area contributed by atoms with Crippen molar-refractivity contribution in [1.29, 1.82) is 0 Å². The molecule has 0 unspecified atom stereocenters. The topological polar surface area (TPSA) is 43.8 Å². The Hall–Kier alpha value is -3.12. The van der Waals surface area contributed by atoms with Crippen LogP contribution in [0.1, 0.15) is 5.56 Å². The number of hydrogen-bond donors (Lipinski definition) is 1. The van der Waals surface area contributed by atoms with Crippen LogP contribution in [0.3, 0.4) is 0 Å². The smallest absolute Gasteiger partial charge is 0.258 e. The molecule has 5 nitrogen and oxygen atoms in total. The fourth-order valence-electron chi connectivity index (χ4n) is 4.03. The molecule has 1 saturated heterocycles. The van der Waals surface area contributed by atoms with E-state index in [1.54, 1.807) is 0 Å². The van der Waals surface area contributed by atoms with E-state index in [9.17, 15) is 9.18 Å². The lowest BCUT2D eigenvalue weighted by Crippen LogP contribution is -2.45. The van der Waals surface area contributed by atoms with Crippen molar-refractivity contribution in [2.24, 2.45) is 0 Å². The number of fused-ring (bicyclic) bond motifs is 3. The third kappa shape index (κ3) is 3.05. The first-order chi connectivity index (χ1) is 13.7. The van der Waals surface area contributed by atoms with Crippen LogP contribution in [0, 0.1) is 5.82 Å². The fourth-order valence-corrected chi connectivity index (χ4v) is 4.03. The standard InChI is InChI=1S/C22H21FN4O/c23-17-5-7-18(8-6-17)26-11-9-25(10-12-26)14-16-13-21-24-22(28)19-3-1-2-4-20(19)27(21)15-16/h1-8,13,15H,9-12,14H2,(H,24,28). The number of nitrogens with one attached hydrogen (secondary N) is 1. The van der Waals surface area contributed by atoms with Gasteiger partial charge in [0.15, 0.2) is 0 Å². The second-order valence-electron chi connectivity index (χ2n) is 7.31. The highest BCUT2D eigenvalue weighted by molar-refractivity contribution is 5.80. The Kier molecular flexibility index (Phi) is 4.13. The molecule has 0 aliphatic carbocycles. The van der Waals surface area contributed by atoms with Crippen LogP contribution in [-0.4, -0.2) is 40.5 Å². The molecule has 0 radical (unpaired) electrons. The molecule has 1 N–H and O–H groups in total. The third-order valence-corrected chi connectivity index (χ3v) is 5.50. The van der Waals surface area contributed by atoms with Crippen molar-refractivity contribution in [3.8, 4) is 0 Å². The molecule has 0 spiro atoms. The Morgan fingerprint density at radius 3 is 2.50 bits per heavy atom. The quantitative estimate of drug-likeness (QED) is 0.597. The summed E-state index contributed by atoms with van der Waals surface area (Å²) in [5.74, 6) is -0.200. The number of aromatic amines is 1. The van der Waals surface area contributed by atoms with Gasteiger partial charge in [-0.15, -0.1) is 0 Å². The highest BCUT2D eigenvalue weighted by Gasteiger charge is 2.18. The first-order valence-electron chi connectivity index (χ1n) is 9.52. The summed E-state index contributed by atoms with van der Waals surface area (Å²) in [6, 6.07) is 16.4. The summed E-state index contributed by atoms with van der Waals surface area (Å²) in [6.07, 6.45) is 2.11. The summed E-state index contributed by atoms with van der Waals surface area (Å²) in [5.41, 5.74) is 3.94. The highest BCUT2D eigenvalue weighted by Crippen LogP contribution is 2.19. The van der Waals surface area contributed by atoms with Gasteiger partial charge < -0.3 is 14.3 Å². The van der Waals surface area contributed by atoms with E-state index in [0.29, 0.717) is 5.39 Å². The molecular formula is C22H21FN4O. The fraction of sp³-hybridized carbons (Fsp3) is 0.227. The van der Waals surface area contributed by atoms with Crippen molar-refractivity contribution >= 4 is 22.2 Å². The van der Waals surface area contributed by atoms with E-state index in [0.717, 1.165) is 49.6 Å². The van der Waals surface area contributed by atoms with Gasteiger partial charge >= 0.3 is 0 Å². The van der Waals surface area contributed by atoms with E-state index < -0.39 is 0 Å². The van der Waals surface area contributed by atoms with Crippen molar-refractivity contribution in [3.63, 3.8) is 0 Å². The molecule has 2 aromatic carbocycles. The van der Waals surface area contributed by atoms with Gasteiger partial charge in [0.25, 0.3) is 5.56 Å². The second kappa shape index (κ2) is 6.80. The minimum Gasteiger partial charge on any atom is -0.369 e. The third-order valence-electron chi connectivity index (χ3n) is 5.50. The van der Waals surface area contributed by atoms with Gasteiger partial charge in [-0.3, -0.25) is 9.69 Å². The van der Waals surface area contributed by atoms with Crippen LogP contribution in [0.15, 0.2) is 65.6 Å². The van der Waals surface area contributed by atoms with Gasteiger partial charge in [-0.1, -0.05) is 12.1 Å². The average molecular weight is 376 g/mol. The van der Waals surface area contributed by atoms with Gasteiger partial charge in [0.1, 0.15) is 11.5 Å². The number of hydrogen-bond acceptors (Lipinski definition) is 3. The molecule has 0 amide bonds. The van der Waals surface area contributed by atoms with Gasteiger partial charge in [-0.05, 0) is 48.0 Å². The number of para-hydroxylation sites is 1. The van der Waals surface area contributed by atoms with E-state index in [1.165, 1.54) is 17.7 Å². The Morgan fingerprint density at radius 2 is 1.71 bits per heavy atom. The molecule has 0 saturated carbocycles. The minimum atomic E-state index is -0.200. The minimum absolute atomic E-state index is 0.0549. The van der Waals surface area contributed by atoms with Gasteiger partial charge in [-0.2, -0.15) is 0 Å². The van der Waals surface area contributed by atoms with Crippen molar-refractivity contribution in [3.05, 3.63) is 82.5 Å². The maximum atomic E-state index is 13.1. The predicted molar refractivity (Wildman–Crippen MR) is 109 cm³/mol. The van der Waals surface area contributed by atoms with Crippen LogP contribution in [0.25, 0.3) is 16.6 Å². The van der Waals surface area contributed by atoms with Crippen LogP contribution in [0.2, 0.25) is 0 Å². The van der Waals surface area contributed by atoms with E-state index in [2.05, 4.69) is 31.4 Å². The molecule has 0 bridgehead atoms. The molecule has 0 atom stereocenters. The van der Waals surface area contributed by atoms with Crippen LogP contribution in [0.5, 0.6) is 0 Å². The molecule has 1 aliphatic rings. The first kappa shape index (κ1) is 17.0. The Bertz CT molecular complexity index is 1190. The summed E-state index contributed by atoms with van der Waals surface area (Å²) in [4.78, 5) is 19.9. The number of halogens is 1. The molecule has 4 aromatic rings. The number of aromatic nitrogens is 2. The first-order valence-corrected chi connectivity index (χ1v) is 9.52. The molecule has 5 rings (SSSR count). The number of nitrogens with zero attached hydrogens (tertiary/aromatic N) is 3. The number of rotatable bonds is 3. The maximum Gasteiger partial charge on any atom is 0.258 e. The predicted octanol–water partition coefficient (Wildman–Crippen LogP) is 3.24. The van der Waals surface area contributed by atoms with Crippen LogP contribution in [0.4, 0.5) is 10.1 Å². The van der Waals surface area contributed by atoms with E-state index in [1.807, 2.05) is 36.4 Å². The Morgan fingerprint density at radius 1 is 0.964 bits per heavy atom. The molecule has 1 fully saturated rings. The number of piperazine rings is 1. The number of anilines is 1. The van der Waals surface area contributed by atoms with E-state index >= 15 is 0 Å². The van der Waals surface area contributed by atoms with Crippen LogP contribution < -0.4 is 10.5 Å². The molecule has 2 aromatic heterocycles. The van der Waals surface area contributed by atoms with Crippen molar-refractivity contribution < 1.29 is 4.39 Å². The lowest BCUT2D eigenvalue weighted by molar-refractivity contribution is 0.250. The molecule has 28 heavy (non-hydrogen) atoms. The molecular weight excluding hydrogens is 355 g/mol. The van der Waals surface area contributed by atoms with Gasteiger partial charge in [0, 0.05) is 44.6 Å². The monoisotopic (exact) mass is 376 g/mol.